The van der Waals surface area contributed by atoms with E-state index in [1.54, 1.807) is 0 Å². The van der Waals surface area contributed by atoms with E-state index in [-0.39, 0.29) is 6.61 Å². The largest absolute Gasteiger partial charge is 0.491 e. The lowest BCUT2D eigenvalue weighted by atomic mass is 10.2. The minimum atomic E-state index is -0.515. The van der Waals surface area contributed by atoms with Crippen molar-refractivity contribution < 1.29 is 19.7 Å². The molecule has 2 aromatic carbocycles. The lowest BCUT2D eigenvalue weighted by molar-refractivity contribution is 0.0908. The highest BCUT2D eigenvalue weighted by molar-refractivity contribution is 5.85. The fraction of sp³-hybridized carbons (Fsp3) is 0.481. The average Bonchev–Trinajstić information content (AvgIpc) is 3.06. The number of rotatable bonds is 14. The third-order valence-electron chi connectivity index (χ3n) is 6.07. The molecule has 0 fully saturated rings. The van der Waals surface area contributed by atoms with Crippen LogP contribution in [0.15, 0.2) is 48.5 Å². The van der Waals surface area contributed by atoms with Crippen LogP contribution in [0.4, 0.5) is 0 Å². The van der Waals surface area contributed by atoms with Gasteiger partial charge in [0, 0.05) is 49.4 Å². The van der Waals surface area contributed by atoms with Crippen molar-refractivity contribution in [2.45, 2.75) is 46.4 Å². The maximum absolute atomic E-state index is 11.0. The summed E-state index contributed by atoms with van der Waals surface area (Å²) < 4.78 is 13.2. The fourth-order valence-electron chi connectivity index (χ4n) is 4.25. The van der Waals surface area contributed by atoms with Crippen molar-refractivity contribution in [1.82, 2.24) is 9.47 Å². The summed E-state index contributed by atoms with van der Waals surface area (Å²) in [4.78, 5) is 2.21. The number of aryl methyl sites for hydroxylation is 1. The van der Waals surface area contributed by atoms with Crippen LogP contribution in [0.1, 0.15) is 30.2 Å². The number of benzene rings is 2. The zero-order chi connectivity index (χ0) is 23.6. The van der Waals surface area contributed by atoms with Crippen LogP contribution in [0.5, 0.6) is 5.75 Å². The van der Waals surface area contributed by atoms with E-state index < -0.39 is 6.10 Å². The number of fused-ring (bicyclic) bond motifs is 1. The second-order valence-corrected chi connectivity index (χ2v) is 8.49. The standard InChI is InChI=1S/C27H38N2O4/c1-4-32-16-17-33-25-12-10-23(11-13-25)18-28(14-7-15-30)19-24(31)20-29-22(3)21(2)26-8-5-6-9-27(26)29/h5-6,8-13,24,30-31H,4,7,14-20H2,1-3H3/t24-/m0/s1. The Labute approximate surface area is 197 Å². The first-order valence-electron chi connectivity index (χ1n) is 11.9. The van der Waals surface area contributed by atoms with E-state index in [0.29, 0.717) is 45.9 Å². The molecule has 180 valence electrons. The topological polar surface area (TPSA) is 67.1 Å². The van der Waals surface area contributed by atoms with Gasteiger partial charge in [-0.1, -0.05) is 30.3 Å². The van der Waals surface area contributed by atoms with Crippen LogP contribution in [0.25, 0.3) is 10.9 Å². The molecule has 0 aliphatic rings. The number of ether oxygens (including phenoxy) is 2. The summed E-state index contributed by atoms with van der Waals surface area (Å²) in [5, 5.41) is 21.6. The van der Waals surface area contributed by atoms with Gasteiger partial charge in [-0.2, -0.15) is 0 Å². The van der Waals surface area contributed by atoms with Crippen molar-refractivity contribution in [2.24, 2.45) is 0 Å². The maximum Gasteiger partial charge on any atom is 0.119 e. The summed E-state index contributed by atoms with van der Waals surface area (Å²) in [7, 11) is 0. The fourth-order valence-corrected chi connectivity index (χ4v) is 4.25. The van der Waals surface area contributed by atoms with E-state index in [1.165, 1.54) is 16.6 Å². The molecule has 0 aliphatic heterocycles. The first-order chi connectivity index (χ1) is 16.0. The van der Waals surface area contributed by atoms with Gasteiger partial charge < -0.3 is 24.3 Å². The molecule has 1 atom stereocenters. The van der Waals surface area contributed by atoms with E-state index >= 15 is 0 Å². The zero-order valence-electron chi connectivity index (χ0n) is 20.2. The normalized spacial score (nSPS) is 12.5. The number of hydrogen-bond donors (Lipinski definition) is 2. The van der Waals surface area contributed by atoms with Crippen molar-refractivity contribution in [1.29, 1.82) is 0 Å². The van der Waals surface area contributed by atoms with Gasteiger partial charge in [0.05, 0.1) is 19.3 Å². The van der Waals surface area contributed by atoms with Crippen LogP contribution in [0, 0.1) is 13.8 Å². The van der Waals surface area contributed by atoms with E-state index in [1.807, 2.05) is 25.1 Å². The molecular weight excluding hydrogens is 416 g/mol. The van der Waals surface area contributed by atoms with E-state index in [4.69, 9.17) is 9.47 Å². The average molecular weight is 455 g/mol. The highest BCUT2D eigenvalue weighted by Gasteiger charge is 2.17. The molecule has 0 spiro atoms. The van der Waals surface area contributed by atoms with Crippen LogP contribution in [-0.4, -0.2) is 65.3 Å². The molecule has 0 saturated heterocycles. The Hall–Kier alpha value is -2.38. The van der Waals surface area contributed by atoms with Gasteiger partial charge in [0.1, 0.15) is 12.4 Å². The molecule has 1 heterocycles. The number of nitrogens with zero attached hydrogens (tertiary/aromatic N) is 2. The van der Waals surface area contributed by atoms with Crippen LogP contribution < -0.4 is 4.74 Å². The summed E-state index contributed by atoms with van der Waals surface area (Å²) in [6.07, 6.45) is 0.161. The second kappa shape index (κ2) is 12.8. The van der Waals surface area contributed by atoms with Crippen LogP contribution in [-0.2, 0) is 17.8 Å². The quantitative estimate of drug-likeness (QED) is 0.362. The number of hydrogen-bond acceptors (Lipinski definition) is 5. The van der Waals surface area contributed by atoms with Crippen molar-refractivity contribution in [3.05, 3.63) is 65.4 Å². The third-order valence-corrected chi connectivity index (χ3v) is 6.07. The van der Waals surface area contributed by atoms with Gasteiger partial charge >= 0.3 is 0 Å². The highest BCUT2D eigenvalue weighted by atomic mass is 16.5. The Morgan fingerprint density at radius 2 is 1.79 bits per heavy atom. The number of aliphatic hydroxyl groups excluding tert-OH is 2. The van der Waals surface area contributed by atoms with Crippen molar-refractivity contribution in [2.75, 3.05) is 39.5 Å². The summed E-state index contributed by atoms with van der Waals surface area (Å²) in [6, 6.07) is 16.4. The molecule has 0 amide bonds. The molecule has 33 heavy (non-hydrogen) atoms. The molecule has 6 heteroatoms. The molecule has 0 bridgehead atoms. The summed E-state index contributed by atoms with van der Waals surface area (Å²) in [5.74, 6) is 0.825. The Bertz CT molecular complexity index is 984. The minimum Gasteiger partial charge on any atom is -0.491 e. The monoisotopic (exact) mass is 454 g/mol. The van der Waals surface area contributed by atoms with Crippen molar-refractivity contribution >= 4 is 10.9 Å². The third kappa shape index (κ3) is 7.05. The van der Waals surface area contributed by atoms with Crippen LogP contribution in [0.3, 0.4) is 0 Å². The van der Waals surface area contributed by atoms with Crippen LogP contribution >= 0.6 is 0 Å². The second-order valence-electron chi connectivity index (χ2n) is 8.49. The molecule has 3 rings (SSSR count). The molecule has 2 N–H and O–H groups in total. The Kier molecular flexibility index (Phi) is 9.76. The van der Waals surface area contributed by atoms with Gasteiger partial charge in [0.25, 0.3) is 0 Å². The summed E-state index contributed by atoms with van der Waals surface area (Å²) in [5.41, 5.74) is 4.76. The molecule has 6 nitrogen and oxygen atoms in total. The smallest absolute Gasteiger partial charge is 0.119 e. The molecule has 3 aromatic rings. The molecular formula is C27H38N2O4. The van der Waals surface area contributed by atoms with Gasteiger partial charge in [0.2, 0.25) is 0 Å². The van der Waals surface area contributed by atoms with Crippen molar-refractivity contribution in [3.63, 3.8) is 0 Å². The van der Waals surface area contributed by atoms with Gasteiger partial charge in [0.15, 0.2) is 0 Å². The Balaban J connectivity index is 1.62. The molecule has 0 aliphatic carbocycles. The van der Waals surface area contributed by atoms with Crippen LogP contribution in [0.2, 0.25) is 0 Å². The predicted octanol–water partition coefficient (Wildman–Crippen LogP) is 3.92. The highest BCUT2D eigenvalue weighted by Crippen LogP contribution is 2.25. The Morgan fingerprint density at radius 1 is 1.03 bits per heavy atom. The summed E-state index contributed by atoms with van der Waals surface area (Å²) >= 11 is 0. The van der Waals surface area contributed by atoms with E-state index in [9.17, 15) is 10.2 Å². The van der Waals surface area contributed by atoms with E-state index in [0.717, 1.165) is 23.4 Å². The molecule has 0 unspecified atom stereocenters. The summed E-state index contributed by atoms with van der Waals surface area (Å²) in [6.45, 7) is 10.7. The first kappa shape index (κ1) is 25.2. The van der Waals surface area contributed by atoms with E-state index in [2.05, 4.69) is 53.6 Å². The predicted molar refractivity (Wildman–Crippen MR) is 133 cm³/mol. The lowest BCUT2D eigenvalue weighted by Crippen LogP contribution is -2.35. The maximum atomic E-state index is 11.0. The number of aliphatic hydroxyl groups is 2. The minimum absolute atomic E-state index is 0.139. The zero-order valence-corrected chi connectivity index (χ0v) is 20.2. The van der Waals surface area contributed by atoms with Gasteiger partial charge in [-0.05, 0) is 56.5 Å². The SMILES string of the molecule is CCOCCOc1ccc(CN(CCCO)C[C@H](O)Cn2c(C)c(C)c3ccccc32)cc1. The number of para-hydroxylation sites is 1. The molecule has 0 saturated carbocycles. The molecule has 0 radical (unpaired) electrons. The van der Waals surface area contributed by atoms with Gasteiger partial charge in [-0.25, -0.2) is 0 Å². The molecule has 1 aromatic heterocycles. The van der Waals surface area contributed by atoms with Gasteiger partial charge in [-0.3, -0.25) is 4.90 Å². The number of aromatic nitrogens is 1. The van der Waals surface area contributed by atoms with Crippen molar-refractivity contribution in [3.8, 4) is 5.75 Å². The lowest BCUT2D eigenvalue weighted by Gasteiger charge is -2.26. The Morgan fingerprint density at radius 3 is 2.52 bits per heavy atom. The van der Waals surface area contributed by atoms with Gasteiger partial charge in [-0.15, -0.1) is 0 Å². The first-order valence-corrected chi connectivity index (χ1v) is 11.9.